The highest BCUT2D eigenvalue weighted by atomic mass is 35.5. The van der Waals surface area contributed by atoms with Gasteiger partial charge in [0.25, 0.3) is 0 Å². The number of hydrogen-bond donors (Lipinski definition) is 0. The number of piperazine rings is 1. The number of benzene rings is 1. The van der Waals surface area contributed by atoms with Crippen molar-refractivity contribution in [3.05, 3.63) is 29.3 Å². The van der Waals surface area contributed by atoms with Crippen molar-refractivity contribution in [3.8, 4) is 0 Å². The Balaban J connectivity index is 1.19. The lowest BCUT2D eigenvalue weighted by Crippen LogP contribution is -2.51. The Bertz CT molecular complexity index is 827. The van der Waals surface area contributed by atoms with E-state index in [9.17, 15) is 9.59 Å². The second-order valence-electron chi connectivity index (χ2n) is 10.3. The van der Waals surface area contributed by atoms with Crippen LogP contribution in [-0.4, -0.2) is 73.6 Å². The van der Waals surface area contributed by atoms with Crippen LogP contribution in [0, 0.1) is 23.7 Å². The van der Waals surface area contributed by atoms with Crippen molar-refractivity contribution in [2.45, 2.75) is 45.1 Å². The van der Waals surface area contributed by atoms with Crippen molar-refractivity contribution < 1.29 is 14.3 Å². The van der Waals surface area contributed by atoms with Crippen LogP contribution in [0.4, 0.5) is 5.69 Å². The first-order chi connectivity index (χ1) is 16.0. The maximum atomic E-state index is 13.2. The number of carbonyl (C=O) groups is 2. The molecule has 5 atom stereocenters. The molecule has 2 saturated heterocycles. The highest BCUT2D eigenvalue weighted by Crippen LogP contribution is 2.56. The molecule has 180 valence electrons. The first kappa shape index (κ1) is 23.1. The Morgan fingerprint density at radius 3 is 2.21 bits per heavy atom. The minimum atomic E-state index is -0.122. The second kappa shape index (κ2) is 9.93. The summed E-state index contributed by atoms with van der Waals surface area (Å²) in [6.45, 7) is 7.76. The van der Waals surface area contributed by atoms with Crippen molar-refractivity contribution in [3.63, 3.8) is 0 Å². The molecule has 0 radical (unpaired) electrons. The molecule has 1 aromatic rings. The highest BCUT2D eigenvalue weighted by molar-refractivity contribution is 6.30. The van der Waals surface area contributed by atoms with Gasteiger partial charge in [0.2, 0.25) is 11.8 Å². The fourth-order valence-corrected chi connectivity index (χ4v) is 6.67. The molecule has 1 aromatic carbocycles. The molecule has 4 fully saturated rings. The fraction of sp³-hybridized carbons (Fsp3) is 0.692. The lowest BCUT2D eigenvalue weighted by atomic mass is 9.81. The van der Waals surface area contributed by atoms with E-state index in [0.717, 1.165) is 69.9 Å². The van der Waals surface area contributed by atoms with Crippen LogP contribution >= 0.6 is 11.6 Å². The number of imide groups is 1. The number of halogens is 1. The molecule has 0 spiro atoms. The number of fused-ring (bicyclic) bond motifs is 5. The topological polar surface area (TPSA) is 53.1 Å². The average Bonchev–Trinajstić information content (AvgIpc) is 3.50. The third kappa shape index (κ3) is 4.67. The molecule has 5 rings (SSSR count). The molecule has 6 nitrogen and oxygen atoms in total. The summed E-state index contributed by atoms with van der Waals surface area (Å²) in [6.07, 6.45) is 5.26. The molecule has 2 saturated carbocycles. The first-order valence-electron chi connectivity index (χ1n) is 12.7. The monoisotopic (exact) mass is 473 g/mol. The molecule has 2 aliphatic heterocycles. The smallest absolute Gasteiger partial charge is 0.233 e. The number of unbranched alkanes of at least 4 members (excludes halogenated alkanes) is 1. The molecule has 7 heteroatoms. The summed E-state index contributed by atoms with van der Waals surface area (Å²) in [7, 11) is 0. The zero-order valence-corrected chi connectivity index (χ0v) is 20.4. The molecule has 0 N–H and O–H groups in total. The number of likely N-dealkylation sites (tertiary alicyclic amines) is 1. The fourth-order valence-electron chi connectivity index (χ4n) is 6.54. The van der Waals surface area contributed by atoms with Crippen molar-refractivity contribution in [2.24, 2.45) is 23.7 Å². The molecule has 2 bridgehead atoms. The van der Waals surface area contributed by atoms with E-state index in [1.165, 1.54) is 5.69 Å². The molecule has 0 aromatic heterocycles. The molecular weight excluding hydrogens is 438 g/mol. The van der Waals surface area contributed by atoms with Crippen molar-refractivity contribution in [2.75, 3.05) is 50.8 Å². The number of hydrogen-bond acceptors (Lipinski definition) is 5. The predicted molar refractivity (Wildman–Crippen MR) is 129 cm³/mol. The van der Waals surface area contributed by atoms with Gasteiger partial charge in [-0.1, -0.05) is 24.9 Å². The maximum absolute atomic E-state index is 13.2. The summed E-state index contributed by atoms with van der Waals surface area (Å²) in [5, 5.41) is 0.757. The van der Waals surface area contributed by atoms with E-state index < -0.39 is 0 Å². The molecule has 2 heterocycles. The van der Waals surface area contributed by atoms with Crippen LogP contribution < -0.4 is 4.90 Å². The van der Waals surface area contributed by atoms with E-state index in [4.69, 9.17) is 16.3 Å². The van der Waals surface area contributed by atoms with Crippen LogP contribution in [0.2, 0.25) is 5.02 Å². The van der Waals surface area contributed by atoms with Crippen LogP contribution in [-0.2, 0) is 14.3 Å². The Morgan fingerprint density at radius 1 is 0.970 bits per heavy atom. The van der Waals surface area contributed by atoms with Crippen LogP contribution in [0.5, 0.6) is 0 Å². The Hall–Kier alpha value is -1.63. The summed E-state index contributed by atoms with van der Waals surface area (Å²) >= 11 is 6.03. The summed E-state index contributed by atoms with van der Waals surface area (Å²) < 4.78 is 6.24. The Kier molecular flexibility index (Phi) is 6.96. The number of anilines is 1. The summed E-state index contributed by atoms with van der Waals surface area (Å²) in [4.78, 5) is 32.7. The minimum absolute atomic E-state index is 0.0459. The van der Waals surface area contributed by atoms with Gasteiger partial charge in [-0.2, -0.15) is 0 Å². The minimum Gasteiger partial charge on any atom is -0.375 e. The molecule has 2 amide bonds. The van der Waals surface area contributed by atoms with E-state index in [1.807, 2.05) is 12.1 Å². The largest absolute Gasteiger partial charge is 0.375 e. The predicted octanol–water partition coefficient (Wildman–Crippen LogP) is 3.68. The first-order valence-corrected chi connectivity index (χ1v) is 13.1. The lowest BCUT2D eigenvalue weighted by molar-refractivity contribution is -0.143. The molecular formula is C26H36ClN3O3. The third-order valence-corrected chi connectivity index (χ3v) is 8.53. The standard InChI is InChI=1S/C26H36ClN3O3/c1-2-3-14-33-22(16-28-10-12-29(13-11-28)21-8-6-20(27)7-9-21)17-30-25(31)23-18-4-5-19(15-18)24(23)26(30)32/h6-9,18-19,22-24H,2-5,10-17H2,1H3/t18-,19?,22?,23-,24?/m0/s1. The van der Waals surface area contributed by atoms with Gasteiger partial charge in [-0.15, -0.1) is 0 Å². The van der Waals surface area contributed by atoms with Crippen LogP contribution in [0.25, 0.3) is 0 Å². The highest BCUT2D eigenvalue weighted by Gasteiger charge is 2.60. The van der Waals surface area contributed by atoms with E-state index in [-0.39, 0.29) is 29.8 Å². The number of amides is 2. The average molecular weight is 474 g/mol. The molecule has 3 unspecified atom stereocenters. The van der Waals surface area contributed by atoms with Gasteiger partial charge < -0.3 is 9.64 Å². The van der Waals surface area contributed by atoms with Gasteiger partial charge in [0, 0.05) is 50.0 Å². The second-order valence-corrected chi connectivity index (χ2v) is 10.7. The maximum Gasteiger partial charge on any atom is 0.233 e. The van der Waals surface area contributed by atoms with E-state index >= 15 is 0 Å². The molecule has 2 aliphatic carbocycles. The Morgan fingerprint density at radius 2 is 1.61 bits per heavy atom. The Labute approximate surface area is 202 Å². The summed E-state index contributed by atoms with van der Waals surface area (Å²) in [5.74, 6) is 0.928. The van der Waals surface area contributed by atoms with Crippen molar-refractivity contribution >= 4 is 29.1 Å². The quantitative estimate of drug-likeness (QED) is 0.404. The lowest BCUT2D eigenvalue weighted by Gasteiger charge is -2.38. The van der Waals surface area contributed by atoms with Crippen LogP contribution in [0.15, 0.2) is 24.3 Å². The van der Waals surface area contributed by atoms with Crippen LogP contribution in [0.1, 0.15) is 39.0 Å². The van der Waals surface area contributed by atoms with Gasteiger partial charge in [-0.3, -0.25) is 19.4 Å². The van der Waals surface area contributed by atoms with Gasteiger partial charge in [-0.25, -0.2) is 0 Å². The van der Waals surface area contributed by atoms with E-state index in [2.05, 4.69) is 28.9 Å². The zero-order chi connectivity index (χ0) is 22.9. The third-order valence-electron chi connectivity index (χ3n) is 8.28. The summed E-state index contributed by atoms with van der Waals surface area (Å²) in [6, 6.07) is 8.02. The van der Waals surface area contributed by atoms with Gasteiger partial charge in [0.05, 0.1) is 24.5 Å². The van der Waals surface area contributed by atoms with Gasteiger partial charge in [0.1, 0.15) is 0 Å². The normalized spacial score (nSPS) is 30.4. The molecule has 33 heavy (non-hydrogen) atoms. The van der Waals surface area contributed by atoms with Crippen molar-refractivity contribution in [1.29, 1.82) is 0 Å². The van der Waals surface area contributed by atoms with Crippen molar-refractivity contribution in [1.82, 2.24) is 9.80 Å². The van der Waals surface area contributed by atoms with E-state index in [1.54, 1.807) is 4.90 Å². The van der Waals surface area contributed by atoms with Gasteiger partial charge in [0.15, 0.2) is 0 Å². The van der Waals surface area contributed by atoms with E-state index in [0.29, 0.717) is 25.0 Å². The number of nitrogens with zero attached hydrogens (tertiary/aromatic N) is 3. The number of ether oxygens (including phenoxy) is 1. The molecule has 4 aliphatic rings. The number of rotatable bonds is 9. The van der Waals surface area contributed by atoms with Crippen LogP contribution in [0.3, 0.4) is 0 Å². The number of carbonyl (C=O) groups excluding carboxylic acids is 2. The van der Waals surface area contributed by atoms with Gasteiger partial charge >= 0.3 is 0 Å². The SMILES string of the molecule is CCCCOC(CN1CCN(c2ccc(Cl)cc2)CC1)CN1C(=O)C2C3CC[C@@H](C3)[C@@H]2C1=O. The zero-order valence-electron chi connectivity index (χ0n) is 19.6. The summed E-state index contributed by atoms with van der Waals surface area (Å²) in [5.41, 5.74) is 1.20. The van der Waals surface area contributed by atoms with Gasteiger partial charge in [-0.05, 0) is 61.8 Å².